The Balaban J connectivity index is 2.29. The van der Waals surface area contributed by atoms with Crippen molar-refractivity contribution in [1.29, 1.82) is 0 Å². The normalized spacial score (nSPS) is 18.7. The molecule has 0 bridgehead atoms. The standard InChI is InChI=1S/C9H16N2O/c1-8(12)10-7-9-3-5-11(2)6-4-9/h3H,4-7H2,1-2H3,(H,10,12). The van der Waals surface area contributed by atoms with Crippen LogP contribution in [0.15, 0.2) is 11.6 Å². The molecule has 3 heteroatoms. The van der Waals surface area contributed by atoms with Crippen LogP contribution < -0.4 is 5.32 Å². The molecule has 0 radical (unpaired) electrons. The van der Waals surface area contributed by atoms with Crippen molar-refractivity contribution in [1.82, 2.24) is 10.2 Å². The van der Waals surface area contributed by atoms with Gasteiger partial charge < -0.3 is 10.2 Å². The van der Waals surface area contributed by atoms with Crippen molar-refractivity contribution >= 4 is 5.91 Å². The maximum Gasteiger partial charge on any atom is 0.217 e. The molecule has 1 rings (SSSR count). The molecular weight excluding hydrogens is 152 g/mol. The van der Waals surface area contributed by atoms with Gasteiger partial charge in [0.2, 0.25) is 5.91 Å². The van der Waals surface area contributed by atoms with Crippen molar-refractivity contribution in [2.24, 2.45) is 0 Å². The van der Waals surface area contributed by atoms with Crippen LogP contribution in [0.25, 0.3) is 0 Å². The number of rotatable bonds is 2. The Hall–Kier alpha value is -0.830. The van der Waals surface area contributed by atoms with Gasteiger partial charge in [0.15, 0.2) is 0 Å². The third-order valence-corrected chi connectivity index (χ3v) is 2.07. The average Bonchev–Trinajstić information content (AvgIpc) is 2.03. The molecule has 0 fully saturated rings. The van der Waals surface area contributed by atoms with Crippen LogP contribution in [0.1, 0.15) is 13.3 Å². The van der Waals surface area contributed by atoms with E-state index in [9.17, 15) is 4.79 Å². The van der Waals surface area contributed by atoms with E-state index in [4.69, 9.17) is 0 Å². The van der Waals surface area contributed by atoms with Crippen molar-refractivity contribution in [2.45, 2.75) is 13.3 Å². The number of amides is 1. The van der Waals surface area contributed by atoms with Gasteiger partial charge in [-0.3, -0.25) is 4.79 Å². The molecule has 68 valence electrons. The SMILES string of the molecule is CC(=O)NCC1=CCN(C)CC1. The molecule has 1 amide bonds. The highest BCUT2D eigenvalue weighted by atomic mass is 16.1. The second-order valence-corrected chi connectivity index (χ2v) is 3.28. The van der Waals surface area contributed by atoms with Gasteiger partial charge in [0.05, 0.1) is 0 Å². The van der Waals surface area contributed by atoms with Crippen LogP contribution in [0.4, 0.5) is 0 Å². The van der Waals surface area contributed by atoms with Crippen molar-refractivity contribution in [3.8, 4) is 0 Å². The van der Waals surface area contributed by atoms with E-state index in [0.29, 0.717) is 0 Å². The quantitative estimate of drug-likeness (QED) is 0.605. The zero-order valence-corrected chi connectivity index (χ0v) is 7.76. The fourth-order valence-corrected chi connectivity index (χ4v) is 1.21. The van der Waals surface area contributed by atoms with Crippen LogP contribution in [0, 0.1) is 0 Å². The summed E-state index contributed by atoms with van der Waals surface area (Å²) in [6.07, 6.45) is 3.27. The molecule has 1 aliphatic rings. The van der Waals surface area contributed by atoms with Gasteiger partial charge in [-0.25, -0.2) is 0 Å². The zero-order valence-electron chi connectivity index (χ0n) is 7.76. The van der Waals surface area contributed by atoms with Gasteiger partial charge in [0, 0.05) is 26.6 Å². The topological polar surface area (TPSA) is 32.3 Å². The van der Waals surface area contributed by atoms with Crippen LogP contribution in [0.2, 0.25) is 0 Å². The largest absolute Gasteiger partial charge is 0.353 e. The summed E-state index contributed by atoms with van der Waals surface area (Å²) in [5, 5.41) is 2.80. The average molecular weight is 168 g/mol. The van der Waals surface area contributed by atoms with E-state index < -0.39 is 0 Å². The summed E-state index contributed by atoms with van der Waals surface area (Å²) in [5.74, 6) is 0.0508. The predicted octanol–water partition coefficient (Wildman–Crippen LogP) is 0.384. The van der Waals surface area contributed by atoms with Gasteiger partial charge in [-0.2, -0.15) is 0 Å². The molecule has 1 heterocycles. The molecule has 12 heavy (non-hydrogen) atoms. The Kier molecular flexibility index (Phi) is 3.29. The maximum absolute atomic E-state index is 10.6. The summed E-state index contributed by atoms with van der Waals surface area (Å²) in [7, 11) is 2.10. The fraction of sp³-hybridized carbons (Fsp3) is 0.667. The first kappa shape index (κ1) is 9.26. The van der Waals surface area contributed by atoms with E-state index in [-0.39, 0.29) is 5.91 Å². The van der Waals surface area contributed by atoms with Crippen molar-refractivity contribution in [3.05, 3.63) is 11.6 Å². The Bertz CT molecular complexity index is 199. The van der Waals surface area contributed by atoms with E-state index in [1.165, 1.54) is 5.57 Å². The minimum absolute atomic E-state index is 0.0508. The van der Waals surface area contributed by atoms with Crippen LogP contribution in [0.3, 0.4) is 0 Å². The first-order valence-corrected chi connectivity index (χ1v) is 4.29. The lowest BCUT2D eigenvalue weighted by atomic mass is 10.1. The summed E-state index contributed by atoms with van der Waals surface area (Å²) in [4.78, 5) is 12.9. The summed E-state index contributed by atoms with van der Waals surface area (Å²) in [6.45, 7) is 4.39. The van der Waals surface area contributed by atoms with Crippen LogP contribution in [-0.4, -0.2) is 37.5 Å². The van der Waals surface area contributed by atoms with Gasteiger partial charge in [-0.1, -0.05) is 11.6 Å². The van der Waals surface area contributed by atoms with Gasteiger partial charge in [-0.15, -0.1) is 0 Å². The molecule has 0 unspecified atom stereocenters. The minimum atomic E-state index is 0.0508. The Morgan fingerprint density at radius 3 is 3.00 bits per heavy atom. The van der Waals surface area contributed by atoms with Crippen LogP contribution in [0.5, 0.6) is 0 Å². The van der Waals surface area contributed by atoms with E-state index in [1.54, 1.807) is 6.92 Å². The third kappa shape index (κ3) is 3.05. The summed E-state index contributed by atoms with van der Waals surface area (Å²) in [5.41, 5.74) is 1.35. The molecule has 0 spiro atoms. The molecule has 0 atom stereocenters. The van der Waals surface area contributed by atoms with Crippen LogP contribution >= 0.6 is 0 Å². The highest BCUT2D eigenvalue weighted by Crippen LogP contribution is 2.07. The Morgan fingerprint density at radius 1 is 1.75 bits per heavy atom. The number of hydrogen-bond donors (Lipinski definition) is 1. The molecule has 3 nitrogen and oxygen atoms in total. The molecule has 0 aromatic rings. The lowest BCUT2D eigenvalue weighted by Crippen LogP contribution is -2.29. The number of nitrogens with one attached hydrogen (secondary N) is 1. The van der Waals surface area contributed by atoms with Crippen molar-refractivity contribution in [2.75, 3.05) is 26.7 Å². The lowest BCUT2D eigenvalue weighted by molar-refractivity contribution is -0.118. The second kappa shape index (κ2) is 4.26. The van der Waals surface area contributed by atoms with E-state index in [0.717, 1.165) is 26.1 Å². The van der Waals surface area contributed by atoms with Gasteiger partial charge >= 0.3 is 0 Å². The van der Waals surface area contributed by atoms with Crippen molar-refractivity contribution in [3.63, 3.8) is 0 Å². The number of hydrogen-bond acceptors (Lipinski definition) is 2. The lowest BCUT2D eigenvalue weighted by Gasteiger charge is -2.21. The molecule has 0 aromatic heterocycles. The molecule has 1 aliphatic heterocycles. The highest BCUT2D eigenvalue weighted by Gasteiger charge is 2.06. The number of likely N-dealkylation sites (N-methyl/N-ethyl adjacent to an activating group) is 1. The minimum Gasteiger partial charge on any atom is -0.353 e. The smallest absolute Gasteiger partial charge is 0.217 e. The first-order chi connectivity index (χ1) is 5.68. The maximum atomic E-state index is 10.6. The predicted molar refractivity (Wildman–Crippen MR) is 48.9 cm³/mol. The highest BCUT2D eigenvalue weighted by molar-refractivity contribution is 5.73. The van der Waals surface area contributed by atoms with Gasteiger partial charge in [0.25, 0.3) is 0 Å². The number of carbonyl (C=O) groups is 1. The Morgan fingerprint density at radius 2 is 2.50 bits per heavy atom. The van der Waals surface area contributed by atoms with Crippen molar-refractivity contribution < 1.29 is 4.79 Å². The Labute approximate surface area is 73.4 Å². The fourth-order valence-electron chi connectivity index (χ4n) is 1.21. The summed E-state index contributed by atoms with van der Waals surface area (Å²) < 4.78 is 0. The molecular formula is C9H16N2O. The molecule has 1 N–H and O–H groups in total. The number of nitrogens with zero attached hydrogens (tertiary/aromatic N) is 1. The molecule has 0 saturated heterocycles. The van der Waals surface area contributed by atoms with E-state index >= 15 is 0 Å². The summed E-state index contributed by atoms with van der Waals surface area (Å²) in [6, 6.07) is 0. The second-order valence-electron chi connectivity index (χ2n) is 3.28. The zero-order chi connectivity index (χ0) is 8.97. The van der Waals surface area contributed by atoms with E-state index in [1.807, 2.05) is 0 Å². The monoisotopic (exact) mass is 168 g/mol. The molecule has 0 aromatic carbocycles. The van der Waals surface area contributed by atoms with Gasteiger partial charge in [-0.05, 0) is 13.5 Å². The van der Waals surface area contributed by atoms with Gasteiger partial charge in [0.1, 0.15) is 0 Å². The summed E-state index contributed by atoms with van der Waals surface area (Å²) >= 11 is 0. The number of carbonyl (C=O) groups excluding carboxylic acids is 1. The van der Waals surface area contributed by atoms with Crippen LogP contribution in [-0.2, 0) is 4.79 Å². The molecule has 0 saturated carbocycles. The van der Waals surface area contributed by atoms with E-state index in [2.05, 4.69) is 23.3 Å². The molecule has 0 aliphatic carbocycles. The first-order valence-electron chi connectivity index (χ1n) is 4.29. The third-order valence-electron chi connectivity index (χ3n) is 2.07.